The van der Waals surface area contributed by atoms with Crippen LogP contribution in [0.25, 0.3) is 0 Å². The van der Waals surface area contributed by atoms with Crippen molar-refractivity contribution in [3.05, 3.63) is 0 Å². The van der Waals surface area contributed by atoms with E-state index in [1.165, 1.54) is 5.06 Å². The van der Waals surface area contributed by atoms with Gasteiger partial charge < -0.3 is 5.32 Å². The first-order valence-corrected chi connectivity index (χ1v) is 5.58. The van der Waals surface area contributed by atoms with Gasteiger partial charge >= 0.3 is 0 Å². The van der Waals surface area contributed by atoms with Crippen LogP contribution in [0.3, 0.4) is 0 Å². The number of rotatable bonds is 5. The molecular formula is C10H20N3O2. The Bertz CT molecular complexity index is 193. The molecule has 1 atom stereocenters. The molecule has 0 bridgehead atoms. The number of carbonyl (C=O) groups is 1. The summed E-state index contributed by atoms with van der Waals surface area (Å²) in [6.07, 6.45) is 0.445. The van der Waals surface area contributed by atoms with E-state index in [4.69, 9.17) is 4.84 Å². The van der Waals surface area contributed by atoms with Crippen molar-refractivity contribution in [1.82, 2.24) is 15.7 Å². The number of nitrogens with zero attached hydrogens (tertiary/aromatic N) is 2. The smallest absolute Gasteiger partial charge is 0.247 e. The van der Waals surface area contributed by atoms with Crippen LogP contribution in [0.2, 0.25) is 0 Å². The van der Waals surface area contributed by atoms with E-state index in [1.807, 2.05) is 13.8 Å². The normalized spacial score (nSPS) is 21.3. The molecule has 1 aliphatic rings. The first kappa shape index (κ1) is 12.4. The minimum Gasteiger partial charge on any atom is -0.314 e. The lowest BCUT2D eigenvalue weighted by Gasteiger charge is -2.25. The highest BCUT2D eigenvalue weighted by molar-refractivity contribution is 5.75. The number of nitrogens with one attached hydrogen (secondary N) is 1. The van der Waals surface area contributed by atoms with Crippen molar-refractivity contribution in [1.29, 1.82) is 0 Å². The van der Waals surface area contributed by atoms with Gasteiger partial charge in [0.25, 0.3) is 0 Å². The Balaban J connectivity index is 2.31. The Hall–Kier alpha value is -0.650. The number of carbonyl (C=O) groups excluding carboxylic acids is 1. The maximum Gasteiger partial charge on any atom is 0.247 e. The van der Waals surface area contributed by atoms with Crippen molar-refractivity contribution in [2.45, 2.75) is 26.3 Å². The van der Waals surface area contributed by atoms with E-state index < -0.39 is 0 Å². The molecule has 5 heteroatoms. The maximum absolute atomic E-state index is 11.7. The molecule has 1 amide bonds. The van der Waals surface area contributed by atoms with E-state index in [1.54, 1.807) is 0 Å². The van der Waals surface area contributed by atoms with Gasteiger partial charge in [0.2, 0.25) is 5.91 Å². The lowest BCUT2D eigenvalue weighted by atomic mass is 10.1. The van der Waals surface area contributed by atoms with Crippen LogP contribution in [-0.4, -0.2) is 49.8 Å². The molecule has 1 radical (unpaired) electrons. The van der Waals surface area contributed by atoms with Crippen LogP contribution < -0.4 is 10.6 Å². The summed E-state index contributed by atoms with van der Waals surface area (Å²) >= 11 is 0. The van der Waals surface area contributed by atoms with Gasteiger partial charge in [0, 0.05) is 38.6 Å². The quantitative estimate of drug-likeness (QED) is 0.642. The fraction of sp³-hybridized carbons (Fsp3) is 0.900. The van der Waals surface area contributed by atoms with E-state index in [-0.39, 0.29) is 11.9 Å². The molecule has 87 valence electrons. The zero-order valence-electron chi connectivity index (χ0n) is 9.53. The number of piperazine rings is 1. The lowest BCUT2D eigenvalue weighted by molar-refractivity contribution is -0.184. The van der Waals surface area contributed by atoms with E-state index in [9.17, 15) is 4.79 Å². The van der Waals surface area contributed by atoms with E-state index in [2.05, 4.69) is 10.6 Å². The maximum atomic E-state index is 11.7. The van der Waals surface area contributed by atoms with Gasteiger partial charge in [-0.3, -0.25) is 9.63 Å². The first-order valence-electron chi connectivity index (χ1n) is 5.58. The van der Waals surface area contributed by atoms with Gasteiger partial charge in [0.1, 0.15) is 0 Å². The second kappa shape index (κ2) is 6.76. The summed E-state index contributed by atoms with van der Waals surface area (Å²) in [5, 5.41) is 9.03. The lowest BCUT2D eigenvalue weighted by Crippen LogP contribution is -2.46. The van der Waals surface area contributed by atoms with Gasteiger partial charge in [-0.05, 0) is 13.8 Å². The fourth-order valence-electron chi connectivity index (χ4n) is 1.59. The number of amides is 1. The van der Waals surface area contributed by atoms with Crippen LogP contribution in [0, 0.1) is 0 Å². The molecule has 1 rings (SSSR count). The molecule has 0 spiro atoms. The molecule has 1 aliphatic heterocycles. The molecule has 1 saturated heterocycles. The van der Waals surface area contributed by atoms with Crippen LogP contribution in [-0.2, 0) is 9.63 Å². The molecular weight excluding hydrogens is 194 g/mol. The van der Waals surface area contributed by atoms with Crippen LogP contribution in [0.5, 0.6) is 0 Å². The molecule has 0 aromatic carbocycles. The zero-order chi connectivity index (χ0) is 11.1. The van der Waals surface area contributed by atoms with Crippen LogP contribution in [0.1, 0.15) is 20.3 Å². The number of hydrogen-bond acceptors (Lipinski definition) is 3. The molecule has 5 nitrogen and oxygen atoms in total. The summed E-state index contributed by atoms with van der Waals surface area (Å²) < 4.78 is 0. The second-order valence-corrected chi connectivity index (χ2v) is 3.47. The minimum absolute atomic E-state index is 0.0248. The van der Waals surface area contributed by atoms with Gasteiger partial charge in [0.05, 0.1) is 6.61 Å². The average Bonchev–Trinajstić information content (AvgIpc) is 2.27. The molecule has 1 unspecified atom stereocenters. The van der Waals surface area contributed by atoms with Crippen molar-refractivity contribution >= 4 is 5.91 Å². The molecule has 1 N–H and O–H groups in total. The molecule has 0 aliphatic carbocycles. The Morgan fingerprint density at radius 3 is 2.93 bits per heavy atom. The third-order valence-corrected chi connectivity index (χ3v) is 2.32. The highest BCUT2D eigenvalue weighted by Gasteiger charge is 2.20. The zero-order valence-corrected chi connectivity index (χ0v) is 9.53. The van der Waals surface area contributed by atoms with Gasteiger partial charge in [-0.2, -0.15) is 0 Å². The Labute approximate surface area is 91.1 Å². The summed E-state index contributed by atoms with van der Waals surface area (Å²) in [6, 6.07) is 0.112. The fourth-order valence-corrected chi connectivity index (χ4v) is 1.59. The summed E-state index contributed by atoms with van der Waals surface area (Å²) in [4.78, 5) is 17.0. The highest BCUT2D eigenvalue weighted by atomic mass is 16.7. The predicted molar refractivity (Wildman–Crippen MR) is 57.3 cm³/mol. The summed E-state index contributed by atoms with van der Waals surface area (Å²) in [7, 11) is 0. The molecule has 0 aromatic heterocycles. The molecule has 0 aromatic rings. The van der Waals surface area contributed by atoms with Crippen molar-refractivity contribution in [3.8, 4) is 0 Å². The molecule has 1 heterocycles. The first-order chi connectivity index (χ1) is 7.27. The SMILES string of the molecule is CCON(CC)C(=O)CC1CNCC[N]1. The van der Waals surface area contributed by atoms with Crippen molar-refractivity contribution in [2.75, 3.05) is 32.8 Å². The van der Waals surface area contributed by atoms with Crippen LogP contribution in [0.15, 0.2) is 0 Å². The topological polar surface area (TPSA) is 55.7 Å². The number of hydroxylamine groups is 2. The van der Waals surface area contributed by atoms with Crippen LogP contribution in [0.4, 0.5) is 0 Å². The highest BCUT2D eigenvalue weighted by Crippen LogP contribution is 2.02. The number of hydrogen-bond donors (Lipinski definition) is 1. The average molecular weight is 214 g/mol. The van der Waals surface area contributed by atoms with Crippen LogP contribution >= 0.6 is 0 Å². The van der Waals surface area contributed by atoms with Gasteiger partial charge in [0.15, 0.2) is 0 Å². The van der Waals surface area contributed by atoms with E-state index >= 15 is 0 Å². The monoisotopic (exact) mass is 214 g/mol. The third-order valence-electron chi connectivity index (χ3n) is 2.32. The summed E-state index contributed by atoms with van der Waals surface area (Å²) in [5.74, 6) is 0.0248. The predicted octanol–water partition coefficient (Wildman–Crippen LogP) is -0.247. The van der Waals surface area contributed by atoms with Gasteiger partial charge in [-0.1, -0.05) is 0 Å². The van der Waals surface area contributed by atoms with Gasteiger partial charge in [-0.15, -0.1) is 0 Å². The Morgan fingerprint density at radius 1 is 1.60 bits per heavy atom. The summed E-state index contributed by atoms with van der Waals surface area (Å²) in [6.45, 7) is 7.43. The van der Waals surface area contributed by atoms with Crippen molar-refractivity contribution in [3.63, 3.8) is 0 Å². The summed E-state index contributed by atoms with van der Waals surface area (Å²) in [5.41, 5.74) is 0. The van der Waals surface area contributed by atoms with Crippen molar-refractivity contribution < 1.29 is 9.63 Å². The Morgan fingerprint density at radius 2 is 2.40 bits per heavy atom. The standard InChI is InChI=1S/C10H20N3O2/c1-3-13(15-4-2)10(14)7-9-8-11-5-6-12-9/h9,11H,3-8H2,1-2H3. The second-order valence-electron chi connectivity index (χ2n) is 3.47. The minimum atomic E-state index is 0.0248. The molecule has 1 fully saturated rings. The van der Waals surface area contributed by atoms with E-state index in [0.29, 0.717) is 19.6 Å². The third kappa shape index (κ3) is 4.15. The Kier molecular flexibility index (Phi) is 5.60. The largest absolute Gasteiger partial charge is 0.314 e. The van der Waals surface area contributed by atoms with E-state index in [0.717, 1.165) is 19.6 Å². The molecule has 15 heavy (non-hydrogen) atoms. The van der Waals surface area contributed by atoms with Gasteiger partial charge in [-0.25, -0.2) is 10.4 Å². The van der Waals surface area contributed by atoms with Crippen molar-refractivity contribution in [2.24, 2.45) is 0 Å². The molecule has 0 saturated carbocycles.